The van der Waals surface area contributed by atoms with Crippen molar-refractivity contribution in [3.63, 3.8) is 0 Å². The number of morpholine rings is 1. The Morgan fingerprint density at radius 2 is 2.00 bits per heavy atom. The molecule has 98 valence electrons. The zero-order valence-corrected chi connectivity index (χ0v) is 11.2. The van der Waals surface area contributed by atoms with E-state index in [4.69, 9.17) is 4.74 Å². The number of nitrogens with zero attached hydrogens (tertiary/aromatic N) is 3. The summed E-state index contributed by atoms with van der Waals surface area (Å²) in [5.41, 5.74) is 2.80. The van der Waals surface area contributed by atoms with E-state index in [0.29, 0.717) is 6.04 Å². The maximum Gasteiger partial charge on any atom is 0.134 e. The summed E-state index contributed by atoms with van der Waals surface area (Å²) in [7, 11) is 0. The molecule has 0 saturated carbocycles. The fourth-order valence-electron chi connectivity index (χ4n) is 2.92. The van der Waals surface area contributed by atoms with Gasteiger partial charge in [-0.1, -0.05) is 0 Å². The van der Waals surface area contributed by atoms with Gasteiger partial charge in [-0.05, 0) is 26.3 Å². The summed E-state index contributed by atoms with van der Waals surface area (Å²) >= 11 is 0. The van der Waals surface area contributed by atoms with Crippen LogP contribution in [0.5, 0.6) is 0 Å². The zero-order valence-electron chi connectivity index (χ0n) is 11.2. The van der Waals surface area contributed by atoms with Crippen molar-refractivity contribution in [2.24, 2.45) is 0 Å². The summed E-state index contributed by atoms with van der Waals surface area (Å²) < 4.78 is 5.42. The highest BCUT2D eigenvalue weighted by atomic mass is 16.5. The van der Waals surface area contributed by atoms with Gasteiger partial charge in [0.05, 0.1) is 13.2 Å². The van der Waals surface area contributed by atoms with Gasteiger partial charge in [0.15, 0.2) is 0 Å². The average molecular weight is 247 g/mol. The van der Waals surface area contributed by atoms with Crippen molar-refractivity contribution in [2.75, 3.05) is 42.6 Å². The number of hydrogen-bond donors (Lipinski definition) is 0. The molecule has 0 radical (unpaired) electrons. The van der Waals surface area contributed by atoms with Crippen LogP contribution in [0.4, 0.5) is 11.5 Å². The number of pyridine rings is 1. The van der Waals surface area contributed by atoms with Gasteiger partial charge in [-0.25, -0.2) is 4.98 Å². The molecule has 1 fully saturated rings. The van der Waals surface area contributed by atoms with Gasteiger partial charge < -0.3 is 14.5 Å². The Hall–Kier alpha value is -1.29. The minimum Gasteiger partial charge on any atom is -0.378 e. The van der Waals surface area contributed by atoms with Crippen LogP contribution in [0.15, 0.2) is 12.3 Å². The van der Waals surface area contributed by atoms with Crippen LogP contribution in [-0.4, -0.2) is 43.9 Å². The Morgan fingerprint density at radius 3 is 2.72 bits per heavy atom. The Morgan fingerprint density at radius 1 is 1.22 bits per heavy atom. The first kappa shape index (κ1) is 11.8. The van der Waals surface area contributed by atoms with E-state index in [-0.39, 0.29) is 0 Å². The minimum absolute atomic E-state index is 0.561. The molecule has 0 spiro atoms. The molecule has 0 N–H and O–H groups in total. The van der Waals surface area contributed by atoms with E-state index in [1.165, 1.54) is 17.1 Å². The molecule has 0 aliphatic carbocycles. The number of aromatic nitrogens is 1. The summed E-state index contributed by atoms with van der Waals surface area (Å²) in [5, 5.41) is 0. The van der Waals surface area contributed by atoms with Gasteiger partial charge >= 0.3 is 0 Å². The lowest BCUT2D eigenvalue weighted by atomic mass is 10.2. The molecule has 2 aliphatic heterocycles. The molecule has 4 heteroatoms. The van der Waals surface area contributed by atoms with Crippen molar-refractivity contribution < 1.29 is 4.74 Å². The molecule has 0 unspecified atom stereocenters. The number of anilines is 2. The van der Waals surface area contributed by atoms with Gasteiger partial charge in [-0.15, -0.1) is 0 Å². The standard InChI is InChI=1S/C14H21N3O/c1-11(2)17-6-4-12-13(17)3-5-15-14(12)16-7-9-18-10-8-16/h3,5,11H,4,6-10H2,1-2H3. The van der Waals surface area contributed by atoms with Crippen molar-refractivity contribution in [2.45, 2.75) is 26.3 Å². The van der Waals surface area contributed by atoms with E-state index >= 15 is 0 Å². The van der Waals surface area contributed by atoms with Crippen LogP contribution in [0.3, 0.4) is 0 Å². The maximum absolute atomic E-state index is 5.42. The first-order chi connectivity index (χ1) is 8.77. The molecule has 3 rings (SSSR count). The lowest BCUT2D eigenvalue weighted by Gasteiger charge is -2.30. The second-order valence-electron chi connectivity index (χ2n) is 5.27. The largest absolute Gasteiger partial charge is 0.378 e. The van der Waals surface area contributed by atoms with E-state index in [0.717, 1.165) is 39.3 Å². The molecule has 1 aromatic heterocycles. The Labute approximate surface area is 109 Å². The van der Waals surface area contributed by atoms with Crippen molar-refractivity contribution in [3.8, 4) is 0 Å². The second-order valence-corrected chi connectivity index (χ2v) is 5.27. The van der Waals surface area contributed by atoms with Gasteiger partial charge in [-0.2, -0.15) is 0 Å². The molecule has 1 aromatic rings. The van der Waals surface area contributed by atoms with Crippen LogP contribution < -0.4 is 9.80 Å². The molecule has 18 heavy (non-hydrogen) atoms. The van der Waals surface area contributed by atoms with Crippen molar-refractivity contribution in [1.29, 1.82) is 0 Å². The molecule has 3 heterocycles. The van der Waals surface area contributed by atoms with Crippen LogP contribution in [-0.2, 0) is 11.2 Å². The zero-order chi connectivity index (χ0) is 12.5. The smallest absolute Gasteiger partial charge is 0.134 e. The van der Waals surface area contributed by atoms with Crippen LogP contribution in [0, 0.1) is 0 Å². The summed E-state index contributed by atoms with van der Waals surface area (Å²) in [6.07, 6.45) is 3.07. The number of fused-ring (bicyclic) bond motifs is 1. The van der Waals surface area contributed by atoms with E-state index in [1.54, 1.807) is 0 Å². The van der Waals surface area contributed by atoms with E-state index in [2.05, 4.69) is 34.7 Å². The molecule has 0 bridgehead atoms. The third-order valence-corrected chi connectivity index (χ3v) is 3.85. The predicted octanol–water partition coefficient (Wildman–Crippen LogP) is 1.69. The molecule has 1 saturated heterocycles. The SMILES string of the molecule is CC(C)N1CCc2c1ccnc2N1CCOCC1. The summed E-state index contributed by atoms with van der Waals surface area (Å²) in [6, 6.07) is 2.72. The molecule has 4 nitrogen and oxygen atoms in total. The lowest BCUT2D eigenvalue weighted by Crippen LogP contribution is -2.37. The third-order valence-electron chi connectivity index (χ3n) is 3.85. The quantitative estimate of drug-likeness (QED) is 0.795. The second kappa shape index (κ2) is 4.76. The number of hydrogen-bond acceptors (Lipinski definition) is 4. The number of ether oxygens (including phenoxy) is 1. The Balaban J connectivity index is 1.93. The van der Waals surface area contributed by atoms with Crippen LogP contribution in [0.2, 0.25) is 0 Å². The summed E-state index contributed by atoms with van der Waals surface area (Å²) in [5.74, 6) is 1.18. The molecular formula is C14H21N3O. The molecular weight excluding hydrogens is 226 g/mol. The minimum atomic E-state index is 0.561. The molecule has 0 atom stereocenters. The fourth-order valence-corrected chi connectivity index (χ4v) is 2.92. The van der Waals surface area contributed by atoms with E-state index in [1.807, 2.05) is 6.20 Å². The van der Waals surface area contributed by atoms with Crippen molar-refractivity contribution in [1.82, 2.24) is 4.98 Å². The number of rotatable bonds is 2. The van der Waals surface area contributed by atoms with Gasteiger partial charge in [0.2, 0.25) is 0 Å². The van der Waals surface area contributed by atoms with Crippen molar-refractivity contribution in [3.05, 3.63) is 17.8 Å². The van der Waals surface area contributed by atoms with E-state index < -0.39 is 0 Å². The Bertz CT molecular complexity index is 427. The molecule has 0 aromatic carbocycles. The summed E-state index contributed by atoms with van der Waals surface area (Å²) in [4.78, 5) is 9.45. The van der Waals surface area contributed by atoms with Crippen molar-refractivity contribution >= 4 is 11.5 Å². The van der Waals surface area contributed by atoms with Crippen LogP contribution >= 0.6 is 0 Å². The average Bonchev–Trinajstić information content (AvgIpc) is 2.83. The first-order valence-corrected chi connectivity index (χ1v) is 6.84. The van der Waals surface area contributed by atoms with Gasteiger partial charge in [-0.3, -0.25) is 0 Å². The third kappa shape index (κ3) is 1.94. The van der Waals surface area contributed by atoms with E-state index in [9.17, 15) is 0 Å². The van der Waals surface area contributed by atoms with Crippen LogP contribution in [0.25, 0.3) is 0 Å². The first-order valence-electron chi connectivity index (χ1n) is 6.84. The predicted molar refractivity (Wildman–Crippen MR) is 73.5 cm³/mol. The fraction of sp³-hybridized carbons (Fsp3) is 0.643. The highest BCUT2D eigenvalue weighted by Gasteiger charge is 2.26. The van der Waals surface area contributed by atoms with Gasteiger partial charge in [0, 0.05) is 43.1 Å². The highest BCUT2D eigenvalue weighted by Crippen LogP contribution is 2.35. The normalized spacial score (nSPS) is 19.5. The summed E-state index contributed by atoms with van der Waals surface area (Å²) in [6.45, 7) is 9.19. The van der Waals surface area contributed by atoms with Gasteiger partial charge in [0.1, 0.15) is 5.82 Å². The maximum atomic E-state index is 5.42. The Kier molecular flexibility index (Phi) is 3.12. The highest BCUT2D eigenvalue weighted by molar-refractivity contribution is 5.67. The molecule has 2 aliphatic rings. The lowest BCUT2D eigenvalue weighted by molar-refractivity contribution is 0.122. The van der Waals surface area contributed by atoms with Gasteiger partial charge in [0.25, 0.3) is 0 Å². The molecule has 0 amide bonds. The topological polar surface area (TPSA) is 28.6 Å². The van der Waals surface area contributed by atoms with Crippen LogP contribution in [0.1, 0.15) is 19.4 Å². The monoisotopic (exact) mass is 247 g/mol.